The summed E-state index contributed by atoms with van der Waals surface area (Å²) in [6, 6.07) is 3.63. The number of aliphatic carboxylic acids is 1. The SMILES string of the molecule is NC(=O)CN(CCC(=O)O)Cc1ccncc1. The van der Waals surface area contributed by atoms with E-state index in [-0.39, 0.29) is 13.0 Å². The summed E-state index contributed by atoms with van der Waals surface area (Å²) in [6.45, 7) is 0.828. The number of carbonyl (C=O) groups excluding carboxylic acids is 1. The Morgan fingerprint density at radius 1 is 1.35 bits per heavy atom. The van der Waals surface area contributed by atoms with Crippen molar-refractivity contribution in [1.29, 1.82) is 0 Å². The first-order valence-corrected chi connectivity index (χ1v) is 5.19. The molecule has 1 amide bonds. The average Bonchev–Trinajstić information content (AvgIpc) is 2.26. The minimum absolute atomic E-state index is 0.0155. The lowest BCUT2D eigenvalue weighted by atomic mass is 10.2. The number of nitrogens with zero attached hydrogens (tertiary/aromatic N) is 2. The minimum Gasteiger partial charge on any atom is -0.481 e. The molecule has 17 heavy (non-hydrogen) atoms. The third-order valence-electron chi connectivity index (χ3n) is 2.18. The molecule has 1 aromatic rings. The fourth-order valence-electron chi connectivity index (χ4n) is 1.43. The molecule has 1 aromatic heterocycles. The third kappa shape index (κ3) is 5.62. The number of amides is 1. The Balaban J connectivity index is 2.56. The topological polar surface area (TPSA) is 96.5 Å². The maximum absolute atomic E-state index is 10.9. The molecule has 0 bridgehead atoms. The van der Waals surface area contributed by atoms with Crippen LogP contribution in [0.3, 0.4) is 0 Å². The van der Waals surface area contributed by atoms with Crippen LogP contribution in [-0.4, -0.2) is 40.0 Å². The quantitative estimate of drug-likeness (QED) is 0.687. The average molecular weight is 237 g/mol. The van der Waals surface area contributed by atoms with Crippen molar-refractivity contribution >= 4 is 11.9 Å². The summed E-state index contributed by atoms with van der Waals surface area (Å²) in [5.41, 5.74) is 6.08. The molecule has 0 spiro atoms. The van der Waals surface area contributed by atoms with E-state index in [2.05, 4.69) is 4.98 Å². The summed E-state index contributed by atoms with van der Waals surface area (Å²) < 4.78 is 0. The van der Waals surface area contributed by atoms with Crippen LogP contribution >= 0.6 is 0 Å². The minimum atomic E-state index is -0.894. The summed E-state index contributed by atoms with van der Waals surface area (Å²) in [7, 11) is 0. The van der Waals surface area contributed by atoms with Crippen molar-refractivity contribution in [2.45, 2.75) is 13.0 Å². The number of carbonyl (C=O) groups is 2. The number of hydrogen-bond donors (Lipinski definition) is 2. The van der Waals surface area contributed by atoms with Crippen molar-refractivity contribution in [3.8, 4) is 0 Å². The Hall–Kier alpha value is -1.95. The second-order valence-corrected chi connectivity index (χ2v) is 3.68. The first-order valence-electron chi connectivity index (χ1n) is 5.19. The van der Waals surface area contributed by atoms with Gasteiger partial charge in [-0.2, -0.15) is 0 Å². The molecule has 92 valence electrons. The van der Waals surface area contributed by atoms with Crippen molar-refractivity contribution in [3.63, 3.8) is 0 Å². The van der Waals surface area contributed by atoms with Gasteiger partial charge in [-0.3, -0.25) is 19.5 Å². The Bertz CT molecular complexity index is 381. The van der Waals surface area contributed by atoms with Gasteiger partial charge in [-0.1, -0.05) is 0 Å². The van der Waals surface area contributed by atoms with Gasteiger partial charge >= 0.3 is 5.97 Å². The molecule has 0 unspecified atom stereocenters. The molecule has 0 saturated heterocycles. The molecule has 0 fully saturated rings. The number of carboxylic acids is 1. The standard InChI is InChI=1S/C11H15N3O3/c12-10(15)8-14(6-3-11(16)17)7-9-1-4-13-5-2-9/h1-2,4-5H,3,6-8H2,(H2,12,15)(H,16,17). The summed E-state index contributed by atoms with van der Waals surface area (Å²) in [5, 5.41) is 8.61. The zero-order valence-corrected chi connectivity index (χ0v) is 9.37. The largest absolute Gasteiger partial charge is 0.481 e. The summed E-state index contributed by atoms with van der Waals surface area (Å²) in [5.74, 6) is -1.36. The van der Waals surface area contributed by atoms with Crippen LogP contribution in [0.5, 0.6) is 0 Å². The van der Waals surface area contributed by atoms with Gasteiger partial charge < -0.3 is 10.8 Å². The van der Waals surface area contributed by atoms with Crippen molar-refractivity contribution < 1.29 is 14.7 Å². The van der Waals surface area contributed by atoms with Crippen molar-refractivity contribution in [3.05, 3.63) is 30.1 Å². The fraction of sp³-hybridized carbons (Fsp3) is 0.364. The highest BCUT2D eigenvalue weighted by Gasteiger charge is 2.10. The maximum atomic E-state index is 10.9. The van der Waals surface area contributed by atoms with Crippen LogP contribution in [0.25, 0.3) is 0 Å². The van der Waals surface area contributed by atoms with Gasteiger partial charge in [0.2, 0.25) is 5.91 Å². The highest BCUT2D eigenvalue weighted by Crippen LogP contribution is 2.03. The Morgan fingerprint density at radius 3 is 2.53 bits per heavy atom. The monoisotopic (exact) mass is 237 g/mol. The molecule has 1 heterocycles. The second-order valence-electron chi connectivity index (χ2n) is 3.68. The van der Waals surface area contributed by atoms with E-state index < -0.39 is 11.9 Å². The van der Waals surface area contributed by atoms with E-state index >= 15 is 0 Å². The first kappa shape index (κ1) is 13.1. The summed E-state index contributed by atoms with van der Waals surface area (Å²) in [4.78, 5) is 26.9. The van der Waals surface area contributed by atoms with E-state index in [1.807, 2.05) is 12.1 Å². The molecule has 6 nitrogen and oxygen atoms in total. The zero-order chi connectivity index (χ0) is 12.7. The van der Waals surface area contributed by atoms with Crippen molar-refractivity contribution in [1.82, 2.24) is 9.88 Å². The van der Waals surface area contributed by atoms with Crippen LogP contribution in [0.15, 0.2) is 24.5 Å². The zero-order valence-electron chi connectivity index (χ0n) is 9.37. The van der Waals surface area contributed by atoms with Gasteiger partial charge in [-0.25, -0.2) is 0 Å². The number of rotatable bonds is 7. The van der Waals surface area contributed by atoms with Crippen LogP contribution in [-0.2, 0) is 16.1 Å². The first-order chi connectivity index (χ1) is 8.08. The van der Waals surface area contributed by atoms with E-state index in [0.29, 0.717) is 13.1 Å². The van der Waals surface area contributed by atoms with Crippen LogP contribution in [0, 0.1) is 0 Å². The smallest absolute Gasteiger partial charge is 0.304 e. The highest BCUT2D eigenvalue weighted by molar-refractivity contribution is 5.76. The molecular weight excluding hydrogens is 222 g/mol. The molecule has 1 rings (SSSR count). The molecule has 0 atom stereocenters. The number of pyridine rings is 1. The van der Waals surface area contributed by atoms with Crippen LogP contribution in [0.2, 0.25) is 0 Å². The summed E-state index contributed by atoms with van der Waals surface area (Å²) >= 11 is 0. The maximum Gasteiger partial charge on any atom is 0.304 e. The lowest BCUT2D eigenvalue weighted by molar-refractivity contribution is -0.137. The molecule has 0 radical (unpaired) electrons. The second kappa shape index (κ2) is 6.59. The Labute approximate surface area is 99.1 Å². The van der Waals surface area contributed by atoms with E-state index in [4.69, 9.17) is 10.8 Å². The van der Waals surface area contributed by atoms with Gasteiger partial charge in [0.15, 0.2) is 0 Å². The Morgan fingerprint density at radius 2 is 2.00 bits per heavy atom. The predicted octanol–water partition coefficient (Wildman–Crippen LogP) is -0.156. The van der Waals surface area contributed by atoms with E-state index in [1.165, 1.54) is 0 Å². The Kier molecular flexibility index (Phi) is 5.09. The van der Waals surface area contributed by atoms with Gasteiger partial charge in [0.1, 0.15) is 0 Å². The van der Waals surface area contributed by atoms with Crippen LogP contribution < -0.4 is 5.73 Å². The van der Waals surface area contributed by atoms with Gasteiger partial charge in [0, 0.05) is 25.5 Å². The van der Waals surface area contributed by atoms with Crippen LogP contribution in [0.4, 0.5) is 0 Å². The van der Waals surface area contributed by atoms with Crippen molar-refractivity contribution in [2.24, 2.45) is 5.73 Å². The fourth-order valence-corrected chi connectivity index (χ4v) is 1.43. The normalized spacial score (nSPS) is 10.4. The molecule has 0 aromatic carbocycles. The molecule has 0 aliphatic heterocycles. The number of nitrogens with two attached hydrogens (primary N) is 1. The molecule has 0 saturated carbocycles. The number of primary amides is 1. The molecule has 3 N–H and O–H groups in total. The predicted molar refractivity (Wildman–Crippen MR) is 61.0 cm³/mol. The lowest BCUT2D eigenvalue weighted by Crippen LogP contribution is -2.34. The van der Waals surface area contributed by atoms with Crippen LogP contribution in [0.1, 0.15) is 12.0 Å². The van der Waals surface area contributed by atoms with Gasteiger partial charge in [-0.15, -0.1) is 0 Å². The van der Waals surface area contributed by atoms with E-state index in [9.17, 15) is 9.59 Å². The molecule has 6 heteroatoms. The summed E-state index contributed by atoms with van der Waals surface area (Å²) in [6.07, 6.45) is 3.28. The number of hydrogen-bond acceptors (Lipinski definition) is 4. The highest BCUT2D eigenvalue weighted by atomic mass is 16.4. The number of carboxylic acid groups (broad SMARTS) is 1. The van der Waals surface area contributed by atoms with Gasteiger partial charge in [-0.05, 0) is 17.7 Å². The van der Waals surface area contributed by atoms with E-state index in [1.54, 1.807) is 17.3 Å². The molecule has 0 aliphatic carbocycles. The molecule has 0 aliphatic rings. The third-order valence-corrected chi connectivity index (χ3v) is 2.18. The van der Waals surface area contributed by atoms with Gasteiger partial charge in [0.05, 0.1) is 13.0 Å². The van der Waals surface area contributed by atoms with Gasteiger partial charge in [0.25, 0.3) is 0 Å². The molecular formula is C11H15N3O3. The van der Waals surface area contributed by atoms with Crippen molar-refractivity contribution in [2.75, 3.05) is 13.1 Å². The van der Waals surface area contributed by atoms with E-state index in [0.717, 1.165) is 5.56 Å². The lowest BCUT2D eigenvalue weighted by Gasteiger charge is -2.19. The number of aromatic nitrogens is 1.